The van der Waals surface area contributed by atoms with Crippen molar-refractivity contribution in [3.05, 3.63) is 64.5 Å². The molecular formula is C16H16N4O5S. The molecule has 1 aromatic carbocycles. The van der Waals surface area contributed by atoms with Crippen LogP contribution in [-0.2, 0) is 10.0 Å². The Balaban J connectivity index is 1.76. The summed E-state index contributed by atoms with van der Waals surface area (Å²) < 4.78 is 26.7. The van der Waals surface area contributed by atoms with Crippen LogP contribution >= 0.6 is 0 Å². The third-order valence-corrected chi connectivity index (χ3v) is 6.08. The molecule has 0 spiro atoms. The molecule has 0 unspecified atom stereocenters. The van der Waals surface area contributed by atoms with E-state index in [2.05, 4.69) is 4.98 Å². The van der Waals surface area contributed by atoms with E-state index < -0.39 is 20.6 Å². The van der Waals surface area contributed by atoms with Gasteiger partial charge >= 0.3 is 0 Å². The number of nitro groups is 1. The molecule has 0 bridgehead atoms. The van der Waals surface area contributed by atoms with Crippen LogP contribution < -0.4 is 0 Å². The van der Waals surface area contributed by atoms with E-state index in [1.54, 1.807) is 17.0 Å². The van der Waals surface area contributed by atoms with Crippen LogP contribution in [0.1, 0.15) is 10.4 Å². The summed E-state index contributed by atoms with van der Waals surface area (Å²) in [6.45, 7) is 0.568. The van der Waals surface area contributed by atoms with Crippen LogP contribution in [0.4, 0.5) is 5.69 Å². The molecule has 26 heavy (non-hydrogen) atoms. The Labute approximate surface area is 150 Å². The lowest BCUT2D eigenvalue weighted by atomic mass is 10.2. The number of aromatic nitrogens is 1. The number of benzene rings is 1. The van der Waals surface area contributed by atoms with E-state index >= 15 is 0 Å². The maximum absolute atomic E-state index is 12.8. The van der Waals surface area contributed by atoms with E-state index in [0.29, 0.717) is 5.56 Å². The zero-order chi connectivity index (χ0) is 18.7. The van der Waals surface area contributed by atoms with Crippen LogP contribution in [0.5, 0.6) is 0 Å². The molecule has 1 aliphatic rings. The second kappa shape index (κ2) is 7.18. The topological polar surface area (TPSA) is 114 Å². The van der Waals surface area contributed by atoms with E-state index in [9.17, 15) is 23.3 Å². The number of pyridine rings is 1. The lowest BCUT2D eigenvalue weighted by Crippen LogP contribution is -2.50. The number of sulfonamides is 1. The Morgan fingerprint density at radius 1 is 1.04 bits per heavy atom. The quantitative estimate of drug-likeness (QED) is 0.584. The van der Waals surface area contributed by atoms with Gasteiger partial charge in [-0.05, 0) is 18.2 Å². The molecule has 2 aromatic rings. The number of amides is 1. The van der Waals surface area contributed by atoms with Gasteiger partial charge in [0.1, 0.15) is 0 Å². The second-order valence-electron chi connectivity index (χ2n) is 5.66. The zero-order valence-corrected chi connectivity index (χ0v) is 14.5. The first kappa shape index (κ1) is 18.0. The number of hydrogen-bond donors (Lipinski definition) is 0. The SMILES string of the molecule is O=C(c1ccncc1)N1CCN(S(=O)(=O)c2ccccc2[N+](=O)[O-])CC1. The molecule has 1 amide bonds. The standard InChI is InChI=1S/C16H16N4O5S/c21-16(13-5-7-17-8-6-13)18-9-11-19(12-10-18)26(24,25)15-4-2-1-3-14(15)20(22)23/h1-8H,9-12H2. The predicted molar refractivity (Wildman–Crippen MR) is 92.0 cm³/mol. The lowest BCUT2D eigenvalue weighted by molar-refractivity contribution is -0.387. The minimum absolute atomic E-state index is 0.0746. The molecule has 2 heterocycles. The van der Waals surface area contributed by atoms with Gasteiger partial charge in [0, 0.05) is 50.2 Å². The molecular weight excluding hydrogens is 360 g/mol. The molecule has 1 aromatic heterocycles. The van der Waals surface area contributed by atoms with Crippen molar-refractivity contribution in [3.8, 4) is 0 Å². The van der Waals surface area contributed by atoms with Gasteiger partial charge in [0.05, 0.1) is 4.92 Å². The molecule has 1 fully saturated rings. The van der Waals surface area contributed by atoms with E-state index in [-0.39, 0.29) is 37.0 Å². The molecule has 3 rings (SSSR count). The fraction of sp³-hybridized carbons (Fsp3) is 0.250. The van der Waals surface area contributed by atoms with E-state index in [0.717, 1.165) is 6.07 Å². The summed E-state index contributed by atoms with van der Waals surface area (Å²) in [4.78, 5) is 27.9. The number of hydrogen-bond acceptors (Lipinski definition) is 6. The van der Waals surface area contributed by atoms with E-state index in [1.807, 2.05) is 0 Å². The van der Waals surface area contributed by atoms with Crippen molar-refractivity contribution in [1.29, 1.82) is 0 Å². The number of para-hydroxylation sites is 1. The summed E-state index contributed by atoms with van der Waals surface area (Å²) in [5.74, 6) is -0.199. The average Bonchev–Trinajstić information content (AvgIpc) is 2.68. The Morgan fingerprint density at radius 2 is 1.65 bits per heavy atom. The maximum atomic E-state index is 12.8. The van der Waals surface area contributed by atoms with Crippen LogP contribution in [0.2, 0.25) is 0 Å². The Kier molecular flexibility index (Phi) is 4.96. The van der Waals surface area contributed by atoms with E-state index in [1.165, 1.54) is 34.9 Å². The average molecular weight is 376 g/mol. The Hall–Kier alpha value is -2.85. The fourth-order valence-corrected chi connectivity index (χ4v) is 4.35. The summed E-state index contributed by atoms with van der Waals surface area (Å²) >= 11 is 0. The third-order valence-electron chi connectivity index (χ3n) is 4.13. The van der Waals surface area contributed by atoms with Crippen molar-refractivity contribution in [2.75, 3.05) is 26.2 Å². The highest BCUT2D eigenvalue weighted by atomic mass is 32.2. The number of carbonyl (C=O) groups excluding carboxylic acids is 1. The lowest BCUT2D eigenvalue weighted by Gasteiger charge is -2.33. The molecule has 0 radical (unpaired) electrons. The normalized spacial score (nSPS) is 15.6. The Morgan fingerprint density at radius 3 is 2.27 bits per heavy atom. The molecule has 1 saturated heterocycles. The largest absolute Gasteiger partial charge is 0.336 e. The van der Waals surface area contributed by atoms with Crippen LogP contribution in [0.15, 0.2) is 53.7 Å². The van der Waals surface area contributed by atoms with Crippen molar-refractivity contribution < 1.29 is 18.1 Å². The van der Waals surface area contributed by atoms with Gasteiger partial charge in [0.2, 0.25) is 10.0 Å². The first-order valence-corrected chi connectivity index (χ1v) is 9.28. The highest BCUT2D eigenvalue weighted by molar-refractivity contribution is 7.89. The summed E-state index contributed by atoms with van der Waals surface area (Å²) in [5.41, 5.74) is 0.0257. The number of nitro benzene ring substituents is 1. The van der Waals surface area contributed by atoms with Gasteiger partial charge in [-0.3, -0.25) is 19.9 Å². The molecule has 1 aliphatic heterocycles. The highest BCUT2D eigenvalue weighted by Gasteiger charge is 2.34. The first-order chi connectivity index (χ1) is 12.4. The molecule has 10 heteroatoms. The summed E-state index contributed by atoms with van der Waals surface area (Å²) in [7, 11) is -4.01. The van der Waals surface area contributed by atoms with Crippen LogP contribution in [-0.4, -0.2) is 59.6 Å². The van der Waals surface area contributed by atoms with Gasteiger partial charge in [-0.2, -0.15) is 4.31 Å². The van der Waals surface area contributed by atoms with Gasteiger partial charge in [0.25, 0.3) is 11.6 Å². The number of piperazine rings is 1. The van der Waals surface area contributed by atoms with Crippen molar-refractivity contribution in [3.63, 3.8) is 0 Å². The predicted octanol–water partition coefficient (Wildman–Crippen LogP) is 1.14. The second-order valence-corrected chi connectivity index (χ2v) is 7.56. The van der Waals surface area contributed by atoms with Gasteiger partial charge < -0.3 is 4.90 Å². The minimum Gasteiger partial charge on any atom is -0.336 e. The zero-order valence-electron chi connectivity index (χ0n) is 13.7. The van der Waals surface area contributed by atoms with Crippen molar-refractivity contribution in [2.24, 2.45) is 0 Å². The number of nitrogens with zero attached hydrogens (tertiary/aromatic N) is 4. The fourth-order valence-electron chi connectivity index (χ4n) is 2.77. The molecule has 0 N–H and O–H groups in total. The molecule has 0 saturated carbocycles. The van der Waals surface area contributed by atoms with Gasteiger partial charge in [0.15, 0.2) is 4.90 Å². The number of carbonyl (C=O) groups is 1. The van der Waals surface area contributed by atoms with Crippen LogP contribution in [0.25, 0.3) is 0 Å². The van der Waals surface area contributed by atoms with Crippen LogP contribution in [0.3, 0.4) is 0 Å². The molecule has 9 nitrogen and oxygen atoms in total. The van der Waals surface area contributed by atoms with Crippen LogP contribution in [0, 0.1) is 10.1 Å². The monoisotopic (exact) mass is 376 g/mol. The Bertz CT molecular complexity index is 925. The smallest absolute Gasteiger partial charge is 0.289 e. The summed E-state index contributed by atoms with van der Waals surface area (Å²) in [6.07, 6.45) is 3.03. The number of rotatable bonds is 4. The van der Waals surface area contributed by atoms with Crippen molar-refractivity contribution in [1.82, 2.24) is 14.2 Å². The van der Waals surface area contributed by atoms with Gasteiger partial charge in [-0.25, -0.2) is 8.42 Å². The molecule has 0 atom stereocenters. The third kappa shape index (κ3) is 3.41. The van der Waals surface area contributed by atoms with E-state index in [4.69, 9.17) is 0 Å². The summed E-state index contributed by atoms with van der Waals surface area (Å²) in [6, 6.07) is 8.45. The molecule has 136 valence electrons. The molecule has 0 aliphatic carbocycles. The van der Waals surface area contributed by atoms with Crippen molar-refractivity contribution in [2.45, 2.75) is 4.90 Å². The maximum Gasteiger partial charge on any atom is 0.289 e. The highest BCUT2D eigenvalue weighted by Crippen LogP contribution is 2.27. The van der Waals surface area contributed by atoms with Gasteiger partial charge in [-0.1, -0.05) is 12.1 Å². The van der Waals surface area contributed by atoms with Gasteiger partial charge in [-0.15, -0.1) is 0 Å². The van der Waals surface area contributed by atoms with Crippen molar-refractivity contribution >= 4 is 21.6 Å². The minimum atomic E-state index is -4.01. The first-order valence-electron chi connectivity index (χ1n) is 7.84. The summed E-state index contributed by atoms with van der Waals surface area (Å²) in [5, 5.41) is 11.1.